The zero-order valence-electron chi connectivity index (χ0n) is 36.3. The summed E-state index contributed by atoms with van der Waals surface area (Å²) in [6, 6.07) is 0. The van der Waals surface area contributed by atoms with Gasteiger partial charge in [0.15, 0.2) is 6.29 Å². The van der Waals surface area contributed by atoms with Crippen LogP contribution in [-0.4, -0.2) is 97.5 Å². The Morgan fingerprint density at radius 1 is 0.661 bits per heavy atom. The number of hydrogen-bond donors (Lipinski definition) is 4. The van der Waals surface area contributed by atoms with Crippen LogP contribution in [0.1, 0.15) is 162 Å². The molecule has 13 heteroatoms. The molecule has 6 atom stereocenters. The molecule has 1 aliphatic rings. The number of allylic oxidation sites excluding steroid dienone is 10. The van der Waals surface area contributed by atoms with Gasteiger partial charge in [0.1, 0.15) is 30.5 Å². The number of rotatable bonds is 38. The number of carbonyl (C=O) groups is 1. The standard InChI is InChI=1S/C46H80O12S/c1-3-5-7-9-11-13-15-16-17-18-19-20-21-22-23-24-25-26-28-30-32-34-36-54-38-40(56-42(48)35-33-31-29-27-14-12-10-8-6-4-2)39-55-46-44(50)45(58-59(51,52)53)43(49)41(37-47)57-46/h5,7,11,13,16-17,19-20,22-23,40-41,43-47,49-50H,3-4,6,8-10,12,14-15,18,21,24-39H2,1-2H3,(H,51,52,53)/b7-5-,13-11-,17-16-,20-19-,23-22-. The van der Waals surface area contributed by atoms with Gasteiger partial charge in [-0.3, -0.25) is 9.35 Å². The van der Waals surface area contributed by atoms with Gasteiger partial charge in [0.25, 0.3) is 0 Å². The summed E-state index contributed by atoms with van der Waals surface area (Å²) in [7, 11) is -5.06. The number of aliphatic hydroxyl groups excluding tert-OH is 3. The van der Waals surface area contributed by atoms with Crippen molar-refractivity contribution in [2.45, 2.75) is 198 Å². The van der Waals surface area contributed by atoms with Crippen molar-refractivity contribution >= 4 is 16.4 Å². The third-order valence-corrected chi connectivity index (χ3v) is 10.4. The number of hydrogen-bond acceptors (Lipinski definition) is 11. The van der Waals surface area contributed by atoms with Gasteiger partial charge in [-0.05, 0) is 57.8 Å². The molecule has 1 aliphatic heterocycles. The summed E-state index contributed by atoms with van der Waals surface area (Å²) < 4.78 is 58.9. The first-order chi connectivity index (χ1) is 28.6. The van der Waals surface area contributed by atoms with E-state index in [0.717, 1.165) is 89.9 Å². The average Bonchev–Trinajstić information content (AvgIpc) is 3.20. The van der Waals surface area contributed by atoms with Gasteiger partial charge in [0.2, 0.25) is 0 Å². The molecule has 1 rings (SSSR count). The summed E-state index contributed by atoms with van der Waals surface area (Å²) in [6.07, 6.45) is 36.9. The quantitative estimate of drug-likeness (QED) is 0.0201. The normalized spacial score (nSPS) is 20.9. The number of esters is 1. The lowest BCUT2D eigenvalue weighted by molar-refractivity contribution is -0.301. The molecule has 6 unspecified atom stereocenters. The van der Waals surface area contributed by atoms with Gasteiger partial charge < -0.3 is 34.3 Å². The highest BCUT2D eigenvalue weighted by molar-refractivity contribution is 7.80. The van der Waals surface area contributed by atoms with Crippen LogP contribution in [0.15, 0.2) is 60.8 Å². The van der Waals surface area contributed by atoms with Crippen molar-refractivity contribution in [3.05, 3.63) is 60.8 Å². The average molecular weight is 857 g/mol. The zero-order valence-corrected chi connectivity index (χ0v) is 37.1. The van der Waals surface area contributed by atoms with Crippen molar-refractivity contribution in [3.8, 4) is 0 Å². The molecule has 59 heavy (non-hydrogen) atoms. The molecule has 1 heterocycles. The summed E-state index contributed by atoms with van der Waals surface area (Å²) >= 11 is 0. The van der Waals surface area contributed by atoms with E-state index < -0.39 is 59.8 Å². The largest absolute Gasteiger partial charge is 0.457 e. The molecular weight excluding hydrogens is 777 g/mol. The summed E-state index contributed by atoms with van der Waals surface area (Å²) in [5.41, 5.74) is 0. The number of carbonyl (C=O) groups excluding carboxylic acids is 1. The van der Waals surface area contributed by atoms with Crippen LogP contribution in [0.4, 0.5) is 0 Å². The molecule has 0 spiro atoms. The minimum absolute atomic E-state index is 0.0246. The van der Waals surface area contributed by atoms with Gasteiger partial charge in [-0.15, -0.1) is 0 Å². The molecule has 0 aromatic carbocycles. The Balaban J connectivity index is 2.39. The smallest absolute Gasteiger partial charge is 0.397 e. The second-order valence-corrected chi connectivity index (χ2v) is 16.3. The third kappa shape index (κ3) is 31.3. The first kappa shape index (κ1) is 54.8. The Kier molecular flexibility index (Phi) is 34.9. The Hall–Kier alpha value is -2.20. The van der Waals surface area contributed by atoms with Crippen molar-refractivity contribution in [2.75, 3.05) is 26.4 Å². The highest BCUT2D eigenvalue weighted by atomic mass is 32.3. The minimum Gasteiger partial charge on any atom is -0.457 e. The van der Waals surface area contributed by atoms with Crippen molar-refractivity contribution in [3.63, 3.8) is 0 Å². The van der Waals surface area contributed by atoms with Gasteiger partial charge in [0.05, 0.1) is 19.8 Å². The highest BCUT2D eigenvalue weighted by Gasteiger charge is 2.48. The van der Waals surface area contributed by atoms with E-state index in [4.69, 9.17) is 23.5 Å². The lowest BCUT2D eigenvalue weighted by atomic mass is 9.99. The highest BCUT2D eigenvalue weighted by Crippen LogP contribution is 2.26. The molecule has 1 saturated heterocycles. The van der Waals surface area contributed by atoms with Crippen LogP contribution in [0.3, 0.4) is 0 Å². The number of unbranched alkanes of at least 4 members (excludes halogenated alkanes) is 15. The Bertz CT molecular complexity index is 1260. The van der Waals surface area contributed by atoms with E-state index in [1.165, 1.54) is 44.9 Å². The van der Waals surface area contributed by atoms with Crippen LogP contribution in [0.25, 0.3) is 0 Å². The van der Waals surface area contributed by atoms with Crippen LogP contribution in [-0.2, 0) is 38.3 Å². The molecule has 0 saturated carbocycles. The van der Waals surface area contributed by atoms with E-state index in [2.05, 4.69) is 78.8 Å². The number of ether oxygens (including phenoxy) is 4. The second-order valence-electron chi connectivity index (χ2n) is 15.3. The molecular formula is C46H80O12S. The molecule has 1 fully saturated rings. The summed E-state index contributed by atoms with van der Waals surface area (Å²) in [4.78, 5) is 12.8. The minimum atomic E-state index is -5.06. The van der Waals surface area contributed by atoms with Crippen LogP contribution >= 0.6 is 0 Å². The maximum absolute atomic E-state index is 12.8. The molecule has 0 amide bonds. The third-order valence-electron chi connectivity index (χ3n) is 9.90. The first-order valence-electron chi connectivity index (χ1n) is 22.5. The SMILES string of the molecule is CC/C=C\C/C=C\C/C=C\C/C=C\C/C=C\CCCCCCCCOCC(COC1OC(CO)C(O)C(OS(=O)(=O)O)C1O)OC(=O)CCCCCCCCCCCC. The summed E-state index contributed by atoms with van der Waals surface area (Å²) in [5, 5.41) is 30.6. The zero-order chi connectivity index (χ0) is 43.2. The molecule has 342 valence electrons. The second kappa shape index (κ2) is 37.6. The fraction of sp³-hybridized carbons (Fsp3) is 0.761. The van der Waals surface area contributed by atoms with Crippen molar-refractivity contribution in [2.24, 2.45) is 0 Å². The first-order valence-corrected chi connectivity index (χ1v) is 23.9. The Morgan fingerprint density at radius 3 is 1.71 bits per heavy atom. The maximum atomic E-state index is 12.8. The molecule has 0 aliphatic carbocycles. The maximum Gasteiger partial charge on any atom is 0.397 e. The monoisotopic (exact) mass is 857 g/mol. The topological polar surface area (TPSA) is 178 Å². The predicted molar refractivity (Wildman–Crippen MR) is 234 cm³/mol. The van der Waals surface area contributed by atoms with Gasteiger partial charge in [0, 0.05) is 13.0 Å². The van der Waals surface area contributed by atoms with E-state index in [0.29, 0.717) is 13.0 Å². The van der Waals surface area contributed by atoms with Gasteiger partial charge in [-0.2, -0.15) is 8.42 Å². The molecule has 0 aromatic heterocycles. The number of aliphatic hydroxyl groups is 3. The van der Waals surface area contributed by atoms with Crippen molar-refractivity contribution < 1.29 is 56.2 Å². The van der Waals surface area contributed by atoms with Crippen molar-refractivity contribution in [1.29, 1.82) is 0 Å². The fourth-order valence-corrected chi connectivity index (χ4v) is 7.03. The molecule has 12 nitrogen and oxygen atoms in total. The Morgan fingerprint density at radius 2 is 1.17 bits per heavy atom. The fourth-order valence-electron chi connectivity index (χ4n) is 6.52. The van der Waals surface area contributed by atoms with Crippen LogP contribution in [0, 0.1) is 0 Å². The Labute approximate surface area is 357 Å². The lowest BCUT2D eigenvalue weighted by Gasteiger charge is -2.41. The van der Waals surface area contributed by atoms with Crippen molar-refractivity contribution in [1.82, 2.24) is 0 Å². The van der Waals surface area contributed by atoms with E-state index in [-0.39, 0.29) is 19.6 Å². The summed E-state index contributed by atoms with van der Waals surface area (Å²) in [5.74, 6) is -0.410. The predicted octanol–water partition coefficient (Wildman–Crippen LogP) is 9.35. The molecule has 0 bridgehead atoms. The van der Waals surface area contributed by atoms with Crippen LogP contribution < -0.4 is 0 Å². The lowest BCUT2D eigenvalue weighted by Crippen LogP contribution is -2.60. The molecule has 0 aromatic rings. The van der Waals surface area contributed by atoms with Gasteiger partial charge in [-0.1, -0.05) is 158 Å². The van der Waals surface area contributed by atoms with E-state index in [1.54, 1.807) is 0 Å². The van der Waals surface area contributed by atoms with Crippen LogP contribution in [0.5, 0.6) is 0 Å². The van der Waals surface area contributed by atoms with Crippen LogP contribution in [0.2, 0.25) is 0 Å². The van der Waals surface area contributed by atoms with Gasteiger partial charge in [-0.25, -0.2) is 4.18 Å². The molecule has 0 radical (unpaired) electrons. The molecule has 4 N–H and O–H groups in total. The van der Waals surface area contributed by atoms with E-state index in [9.17, 15) is 28.5 Å². The van der Waals surface area contributed by atoms with Gasteiger partial charge >= 0.3 is 16.4 Å². The van der Waals surface area contributed by atoms with E-state index in [1.807, 2.05) is 0 Å². The summed E-state index contributed by atoms with van der Waals surface area (Å²) in [6.45, 7) is 3.81. The van der Waals surface area contributed by atoms with E-state index >= 15 is 0 Å².